The van der Waals surface area contributed by atoms with Gasteiger partial charge in [-0.3, -0.25) is 14.4 Å². The van der Waals surface area contributed by atoms with Crippen molar-refractivity contribution in [3.63, 3.8) is 0 Å². The Morgan fingerprint density at radius 3 is 2.06 bits per heavy atom. The van der Waals surface area contributed by atoms with Crippen LogP contribution in [0.15, 0.2) is 36.4 Å². The topological polar surface area (TPSA) is 107 Å². The van der Waals surface area contributed by atoms with Crippen molar-refractivity contribution in [2.24, 2.45) is 0 Å². The number of ether oxygens (including phenoxy) is 6. The minimum Gasteiger partial charge on any atom is -0.456 e. The van der Waals surface area contributed by atoms with Crippen molar-refractivity contribution in [3.05, 3.63) is 42.0 Å². The molecule has 1 saturated heterocycles. The van der Waals surface area contributed by atoms with Gasteiger partial charge in [0.15, 0.2) is 24.6 Å². The molecular weight excluding hydrogens is 408 g/mol. The molecule has 5 atom stereocenters. The number of carbonyl (C=O) groups is 3. The van der Waals surface area contributed by atoms with E-state index in [1.54, 1.807) is 0 Å². The van der Waals surface area contributed by atoms with Gasteiger partial charge in [-0.2, -0.15) is 0 Å². The molecule has 170 valence electrons. The first kappa shape index (κ1) is 24.5. The predicted octanol–water partition coefficient (Wildman–Crippen LogP) is 1.88. The van der Waals surface area contributed by atoms with Crippen LogP contribution in [0.1, 0.15) is 26.3 Å². The monoisotopic (exact) mass is 436 g/mol. The summed E-state index contributed by atoms with van der Waals surface area (Å²) >= 11 is 0. The van der Waals surface area contributed by atoms with E-state index in [-0.39, 0.29) is 13.2 Å². The average Bonchev–Trinajstić information content (AvgIpc) is 2.71. The summed E-state index contributed by atoms with van der Waals surface area (Å²) in [6, 6.07) is 9.71. The molecule has 9 heteroatoms. The molecule has 1 aliphatic heterocycles. The number of hydrogen-bond donors (Lipinski definition) is 0. The van der Waals surface area contributed by atoms with E-state index in [0.29, 0.717) is 0 Å². The number of methoxy groups -OCH3 is 1. The zero-order valence-electron chi connectivity index (χ0n) is 18.0. The summed E-state index contributed by atoms with van der Waals surface area (Å²) in [5.74, 6) is -1.88. The van der Waals surface area contributed by atoms with Gasteiger partial charge in [-0.1, -0.05) is 42.5 Å². The van der Waals surface area contributed by atoms with Crippen molar-refractivity contribution in [3.8, 4) is 0 Å². The van der Waals surface area contributed by atoms with E-state index in [9.17, 15) is 14.4 Å². The smallest absolute Gasteiger partial charge is 0.303 e. The molecule has 0 saturated carbocycles. The van der Waals surface area contributed by atoms with Crippen LogP contribution in [0.3, 0.4) is 0 Å². The maximum atomic E-state index is 11.7. The second-order valence-electron chi connectivity index (χ2n) is 6.85. The minimum atomic E-state index is -1.13. The molecule has 1 aromatic carbocycles. The third kappa shape index (κ3) is 7.78. The van der Waals surface area contributed by atoms with Gasteiger partial charge < -0.3 is 28.4 Å². The number of carbonyl (C=O) groups excluding carboxylic acids is 3. The molecule has 0 aliphatic carbocycles. The molecule has 0 amide bonds. The summed E-state index contributed by atoms with van der Waals surface area (Å²) in [7, 11) is 1.36. The third-order valence-electron chi connectivity index (χ3n) is 4.34. The first-order valence-electron chi connectivity index (χ1n) is 9.81. The lowest BCUT2D eigenvalue weighted by atomic mass is 9.98. The predicted molar refractivity (Wildman–Crippen MR) is 109 cm³/mol. The number of benzene rings is 1. The Morgan fingerprint density at radius 2 is 1.48 bits per heavy atom. The Morgan fingerprint density at radius 1 is 0.903 bits per heavy atom. The zero-order valence-corrected chi connectivity index (χ0v) is 18.0. The van der Waals surface area contributed by atoms with E-state index in [2.05, 4.69) is 0 Å². The molecule has 0 bridgehead atoms. The maximum absolute atomic E-state index is 11.7. The van der Waals surface area contributed by atoms with Crippen LogP contribution in [0.4, 0.5) is 0 Å². The molecule has 0 unspecified atom stereocenters. The van der Waals surface area contributed by atoms with E-state index < -0.39 is 48.6 Å². The van der Waals surface area contributed by atoms with E-state index in [0.717, 1.165) is 5.56 Å². The molecule has 1 heterocycles. The fourth-order valence-electron chi connectivity index (χ4n) is 3.18. The summed E-state index contributed by atoms with van der Waals surface area (Å²) in [5.41, 5.74) is 1.02. The van der Waals surface area contributed by atoms with Crippen LogP contribution < -0.4 is 0 Å². The first-order valence-corrected chi connectivity index (χ1v) is 9.81. The highest BCUT2D eigenvalue weighted by Gasteiger charge is 2.52. The fraction of sp³-hybridized carbons (Fsp3) is 0.500. The lowest BCUT2D eigenvalue weighted by Crippen LogP contribution is -2.62. The molecule has 0 spiro atoms. The van der Waals surface area contributed by atoms with Crippen LogP contribution in [0.25, 0.3) is 6.08 Å². The Balaban J connectivity index is 2.12. The Labute approximate surface area is 181 Å². The van der Waals surface area contributed by atoms with Gasteiger partial charge in [0.2, 0.25) is 0 Å². The Hall–Kier alpha value is -2.75. The van der Waals surface area contributed by atoms with Crippen LogP contribution in [0.2, 0.25) is 0 Å². The van der Waals surface area contributed by atoms with Gasteiger partial charge in [0.1, 0.15) is 6.10 Å². The van der Waals surface area contributed by atoms with E-state index in [1.165, 1.54) is 27.9 Å². The molecule has 0 radical (unpaired) electrons. The fourth-order valence-corrected chi connectivity index (χ4v) is 3.18. The molecule has 0 aromatic heterocycles. The SMILES string of the molecule is CO[C@H]1O[C@H](COC/C=C/c2ccccc2)[C@@H](OC(C)=O)[C@H](OC(C)=O)[C@H]1OC(C)=O. The van der Waals surface area contributed by atoms with Crippen LogP contribution in [-0.2, 0) is 42.8 Å². The molecule has 0 N–H and O–H groups in total. The number of rotatable bonds is 9. The van der Waals surface area contributed by atoms with Crippen molar-refractivity contribution in [1.29, 1.82) is 0 Å². The van der Waals surface area contributed by atoms with Crippen LogP contribution in [0, 0.1) is 0 Å². The molecule has 9 nitrogen and oxygen atoms in total. The lowest BCUT2D eigenvalue weighted by molar-refractivity contribution is -0.303. The van der Waals surface area contributed by atoms with Gasteiger partial charge >= 0.3 is 17.9 Å². The standard InChI is InChI=1S/C22H28O9/c1-14(23)28-19-18(13-27-12-8-11-17-9-6-5-7-10-17)31-22(26-4)21(30-16(3)25)20(19)29-15(2)24/h5-11,18-22H,12-13H2,1-4H3/b11-8+/t18-,19-,20+,21-,22+/m1/s1. The third-order valence-corrected chi connectivity index (χ3v) is 4.34. The average molecular weight is 436 g/mol. The highest BCUT2D eigenvalue weighted by atomic mass is 16.7. The van der Waals surface area contributed by atoms with Gasteiger partial charge in [0.25, 0.3) is 0 Å². The quantitative estimate of drug-likeness (QED) is 0.326. The van der Waals surface area contributed by atoms with Gasteiger partial charge in [-0.15, -0.1) is 0 Å². The van der Waals surface area contributed by atoms with Gasteiger partial charge in [0, 0.05) is 27.9 Å². The number of esters is 3. The second-order valence-corrected chi connectivity index (χ2v) is 6.85. The van der Waals surface area contributed by atoms with Crippen molar-refractivity contribution < 1.29 is 42.8 Å². The normalized spacial score (nSPS) is 25.7. The molecule has 2 rings (SSSR count). The van der Waals surface area contributed by atoms with Crippen molar-refractivity contribution in [2.75, 3.05) is 20.3 Å². The Bertz CT molecular complexity index is 762. The second kappa shape index (κ2) is 12.2. The molecule has 1 fully saturated rings. The van der Waals surface area contributed by atoms with E-state index in [1.807, 2.05) is 42.5 Å². The maximum Gasteiger partial charge on any atom is 0.303 e. The molecule has 1 aliphatic rings. The summed E-state index contributed by atoms with van der Waals surface area (Å²) in [4.78, 5) is 34.9. The number of hydrogen-bond acceptors (Lipinski definition) is 9. The summed E-state index contributed by atoms with van der Waals surface area (Å²) in [6.07, 6.45) is -1.44. The summed E-state index contributed by atoms with van der Waals surface area (Å²) in [5, 5.41) is 0. The van der Waals surface area contributed by atoms with E-state index >= 15 is 0 Å². The van der Waals surface area contributed by atoms with Crippen molar-refractivity contribution in [1.82, 2.24) is 0 Å². The molecule has 1 aromatic rings. The molecular formula is C22H28O9. The first-order chi connectivity index (χ1) is 14.8. The summed E-state index contributed by atoms with van der Waals surface area (Å²) in [6.45, 7) is 3.90. The summed E-state index contributed by atoms with van der Waals surface area (Å²) < 4.78 is 32.7. The Kier molecular flexibility index (Phi) is 9.64. The van der Waals surface area contributed by atoms with Crippen LogP contribution >= 0.6 is 0 Å². The van der Waals surface area contributed by atoms with Gasteiger partial charge in [-0.05, 0) is 5.56 Å². The van der Waals surface area contributed by atoms with Gasteiger partial charge in [0.05, 0.1) is 13.2 Å². The van der Waals surface area contributed by atoms with Crippen molar-refractivity contribution in [2.45, 2.75) is 51.5 Å². The molecule has 31 heavy (non-hydrogen) atoms. The van der Waals surface area contributed by atoms with Crippen molar-refractivity contribution >= 4 is 24.0 Å². The van der Waals surface area contributed by atoms with Crippen LogP contribution in [-0.4, -0.2) is 68.9 Å². The van der Waals surface area contributed by atoms with Gasteiger partial charge in [-0.25, -0.2) is 0 Å². The largest absolute Gasteiger partial charge is 0.456 e. The van der Waals surface area contributed by atoms with Crippen LogP contribution in [0.5, 0.6) is 0 Å². The zero-order chi connectivity index (χ0) is 22.8. The highest BCUT2D eigenvalue weighted by Crippen LogP contribution is 2.29. The lowest BCUT2D eigenvalue weighted by Gasteiger charge is -2.43. The highest BCUT2D eigenvalue weighted by molar-refractivity contribution is 5.68. The minimum absolute atomic E-state index is 0.0154. The van der Waals surface area contributed by atoms with E-state index in [4.69, 9.17) is 28.4 Å².